The smallest absolute Gasteiger partial charge is 0.251 e. The standard InChI is InChI=1S/C16H17FN2O/c1-10-14(17)8-13(9-15(10)18)16(20)19-11(2)12-6-4-3-5-7-12/h3-9,11H,18H2,1-2H3,(H,19,20)/t11-/m0/s1. The van der Waals surface area contributed by atoms with Crippen molar-refractivity contribution in [2.45, 2.75) is 19.9 Å². The van der Waals surface area contributed by atoms with Gasteiger partial charge in [0.05, 0.1) is 6.04 Å². The largest absolute Gasteiger partial charge is 0.398 e. The van der Waals surface area contributed by atoms with Gasteiger partial charge in [-0.25, -0.2) is 4.39 Å². The number of nitrogens with one attached hydrogen (secondary N) is 1. The number of hydrogen-bond acceptors (Lipinski definition) is 2. The molecule has 1 atom stereocenters. The highest BCUT2D eigenvalue weighted by Gasteiger charge is 2.14. The number of hydrogen-bond donors (Lipinski definition) is 2. The van der Waals surface area contributed by atoms with Crippen LogP contribution in [0.5, 0.6) is 0 Å². The number of benzene rings is 2. The molecule has 1 amide bonds. The fourth-order valence-corrected chi connectivity index (χ4v) is 1.94. The van der Waals surface area contributed by atoms with Gasteiger partial charge in [0.1, 0.15) is 5.82 Å². The molecular formula is C16H17FN2O. The van der Waals surface area contributed by atoms with E-state index >= 15 is 0 Å². The third-order valence-corrected chi connectivity index (χ3v) is 3.29. The zero-order valence-electron chi connectivity index (χ0n) is 11.5. The fourth-order valence-electron chi connectivity index (χ4n) is 1.94. The Balaban J connectivity index is 2.17. The molecule has 0 saturated heterocycles. The lowest BCUT2D eigenvalue weighted by molar-refractivity contribution is 0.0939. The average Bonchev–Trinajstić information content (AvgIpc) is 2.45. The highest BCUT2D eigenvalue weighted by atomic mass is 19.1. The number of anilines is 1. The van der Waals surface area contributed by atoms with Crippen molar-refractivity contribution in [2.75, 3.05) is 5.73 Å². The predicted octanol–water partition coefficient (Wildman–Crippen LogP) is 3.21. The van der Waals surface area contributed by atoms with Crippen molar-refractivity contribution in [3.63, 3.8) is 0 Å². The lowest BCUT2D eigenvalue weighted by atomic mass is 10.1. The van der Waals surface area contributed by atoms with E-state index in [0.717, 1.165) is 5.56 Å². The molecule has 0 unspecified atom stereocenters. The van der Waals surface area contributed by atoms with Crippen molar-refractivity contribution in [3.05, 3.63) is 65.0 Å². The van der Waals surface area contributed by atoms with E-state index in [2.05, 4.69) is 5.32 Å². The lowest BCUT2D eigenvalue weighted by Crippen LogP contribution is -2.26. The van der Waals surface area contributed by atoms with Crippen molar-refractivity contribution in [2.24, 2.45) is 0 Å². The monoisotopic (exact) mass is 272 g/mol. The Labute approximate surface area is 117 Å². The van der Waals surface area contributed by atoms with E-state index in [1.54, 1.807) is 6.92 Å². The molecule has 0 spiro atoms. The highest BCUT2D eigenvalue weighted by molar-refractivity contribution is 5.95. The molecule has 0 aromatic heterocycles. The first-order chi connectivity index (χ1) is 9.49. The maximum Gasteiger partial charge on any atom is 0.251 e. The lowest BCUT2D eigenvalue weighted by Gasteiger charge is -2.15. The Morgan fingerprint density at radius 2 is 1.90 bits per heavy atom. The molecule has 0 bridgehead atoms. The van der Waals surface area contributed by atoms with Gasteiger partial charge in [-0.1, -0.05) is 30.3 Å². The van der Waals surface area contributed by atoms with Crippen molar-refractivity contribution in [1.29, 1.82) is 0 Å². The minimum atomic E-state index is -0.470. The number of nitrogen functional groups attached to an aromatic ring is 1. The summed E-state index contributed by atoms with van der Waals surface area (Å²) in [7, 11) is 0. The third-order valence-electron chi connectivity index (χ3n) is 3.29. The second kappa shape index (κ2) is 5.74. The van der Waals surface area contributed by atoms with Crippen LogP contribution in [-0.2, 0) is 0 Å². The van der Waals surface area contributed by atoms with E-state index in [0.29, 0.717) is 5.56 Å². The third kappa shape index (κ3) is 2.96. The summed E-state index contributed by atoms with van der Waals surface area (Å²) in [5.74, 6) is -0.811. The van der Waals surface area contributed by atoms with Crippen LogP contribution in [0.2, 0.25) is 0 Å². The highest BCUT2D eigenvalue weighted by Crippen LogP contribution is 2.19. The van der Waals surface area contributed by atoms with Crippen LogP contribution < -0.4 is 11.1 Å². The van der Waals surface area contributed by atoms with Crippen LogP contribution in [0.1, 0.15) is 34.5 Å². The Morgan fingerprint density at radius 3 is 2.50 bits per heavy atom. The molecular weight excluding hydrogens is 255 g/mol. The van der Waals surface area contributed by atoms with E-state index in [4.69, 9.17) is 5.73 Å². The molecule has 0 aliphatic rings. The van der Waals surface area contributed by atoms with Crippen molar-refractivity contribution in [3.8, 4) is 0 Å². The molecule has 4 heteroatoms. The van der Waals surface area contributed by atoms with Crippen LogP contribution >= 0.6 is 0 Å². The molecule has 0 saturated carbocycles. The summed E-state index contributed by atoms with van der Waals surface area (Å²) >= 11 is 0. The summed E-state index contributed by atoms with van der Waals surface area (Å²) in [5.41, 5.74) is 7.54. The molecule has 0 fully saturated rings. The van der Waals surface area contributed by atoms with E-state index in [9.17, 15) is 9.18 Å². The Bertz CT molecular complexity index is 603. The summed E-state index contributed by atoms with van der Waals surface area (Å²) in [6.45, 7) is 3.46. The summed E-state index contributed by atoms with van der Waals surface area (Å²) in [6.07, 6.45) is 0. The first-order valence-electron chi connectivity index (χ1n) is 6.40. The molecule has 104 valence electrons. The van der Waals surface area contributed by atoms with Gasteiger partial charge in [-0.3, -0.25) is 4.79 Å². The summed E-state index contributed by atoms with van der Waals surface area (Å²) in [5, 5.41) is 2.83. The Kier molecular flexibility index (Phi) is 4.03. The van der Waals surface area contributed by atoms with E-state index < -0.39 is 5.82 Å². The molecule has 0 radical (unpaired) electrons. The molecule has 0 aliphatic heterocycles. The number of halogens is 1. The second-order valence-corrected chi connectivity index (χ2v) is 4.78. The summed E-state index contributed by atoms with van der Waals surface area (Å²) < 4.78 is 13.6. The molecule has 2 aromatic rings. The molecule has 2 aromatic carbocycles. The number of rotatable bonds is 3. The maximum absolute atomic E-state index is 13.6. The van der Waals surface area contributed by atoms with Gasteiger partial charge in [0.2, 0.25) is 0 Å². The van der Waals surface area contributed by atoms with Gasteiger partial charge in [0, 0.05) is 16.8 Å². The van der Waals surface area contributed by atoms with Crippen molar-refractivity contribution < 1.29 is 9.18 Å². The van der Waals surface area contributed by atoms with Gasteiger partial charge >= 0.3 is 0 Å². The molecule has 0 aliphatic carbocycles. The topological polar surface area (TPSA) is 55.1 Å². The van der Waals surface area contributed by atoms with Gasteiger partial charge in [0.25, 0.3) is 5.91 Å². The van der Waals surface area contributed by atoms with Crippen LogP contribution in [0.3, 0.4) is 0 Å². The fraction of sp³-hybridized carbons (Fsp3) is 0.188. The van der Waals surface area contributed by atoms with Gasteiger partial charge < -0.3 is 11.1 Å². The van der Waals surface area contributed by atoms with E-state index in [-0.39, 0.29) is 23.2 Å². The van der Waals surface area contributed by atoms with Crippen LogP contribution in [0.15, 0.2) is 42.5 Å². The van der Waals surface area contributed by atoms with Gasteiger partial charge in [-0.2, -0.15) is 0 Å². The SMILES string of the molecule is Cc1c(N)cc(C(=O)N[C@@H](C)c2ccccc2)cc1F. The molecule has 3 nitrogen and oxygen atoms in total. The number of nitrogens with two attached hydrogens (primary N) is 1. The first-order valence-corrected chi connectivity index (χ1v) is 6.40. The molecule has 3 N–H and O–H groups in total. The quantitative estimate of drug-likeness (QED) is 0.843. The average molecular weight is 272 g/mol. The van der Waals surface area contributed by atoms with Crippen molar-refractivity contribution >= 4 is 11.6 Å². The predicted molar refractivity (Wildman–Crippen MR) is 77.9 cm³/mol. The second-order valence-electron chi connectivity index (χ2n) is 4.78. The molecule has 2 rings (SSSR count). The van der Waals surface area contributed by atoms with E-state index in [1.165, 1.54) is 12.1 Å². The first kappa shape index (κ1) is 14.1. The molecule has 20 heavy (non-hydrogen) atoms. The number of carbonyl (C=O) groups excluding carboxylic acids is 1. The Hall–Kier alpha value is -2.36. The van der Waals surface area contributed by atoms with Crippen LogP contribution in [0.25, 0.3) is 0 Å². The zero-order valence-corrected chi connectivity index (χ0v) is 11.5. The van der Waals surface area contributed by atoms with Gasteiger partial charge in [-0.15, -0.1) is 0 Å². The van der Waals surface area contributed by atoms with Gasteiger partial charge in [-0.05, 0) is 31.5 Å². The number of carbonyl (C=O) groups is 1. The minimum Gasteiger partial charge on any atom is -0.398 e. The Morgan fingerprint density at radius 1 is 1.25 bits per heavy atom. The number of amides is 1. The van der Waals surface area contributed by atoms with Crippen LogP contribution in [-0.4, -0.2) is 5.91 Å². The maximum atomic E-state index is 13.6. The van der Waals surface area contributed by atoms with E-state index in [1.807, 2.05) is 37.3 Å². The zero-order chi connectivity index (χ0) is 14.7. The van der Waals surface area contributed by atoms with Gasteiger partial charge in [0.15, 0.2) is 0 Å². The normalized spacial score (nSPS) is 11.9. The van der Waals surface area contributed by atoms with Crippen LogP contribution in [0.4, 0.5) is 10.1 Å². The summed E-state index contributed by atoms with van der Waals surface area (Å²) in [6, 6.07) is 12.1. The van der Waals surface area contributed by atoms with Crippen molar-refractivity contribution in [1.82, 2.24) is 5.32 Å². The minimum absolute atomic E-state index is 0.158. The van der Waals surface area contributed by atoms with Crippen LogP contribution in [0, 0.1) is 12.7 Å². The molecule has 0 heterocycles. The summed E-state index contributed by atoms with van der Waals surface area (Å²) in [4.78, 5) is 12.1.